The van der Waals surface area contributed by atoms with Crippen LogP contribution in [0.5, 0.6) is 0 Å². The van der Waals surface area contributed by atoms with Gasteiger partial charge in [-0.3, -0.25) is 0 Å². The smallest absolute Gasteiger partial charge is 0.377 e. The summed E-state index contributed by atoms with van der Waals surface area (Å²) in [5.41, 5.74) is 0. The van der Waals surface area contributed by atoms with E-state index in [4.69, 9.17) is 13.3 Å². The van der Waals surface area contributed by atoms with E-state index < -0.39 is 8.80 Å². The van der Waals surface area contributed by atoms with Crippen LogP contribution in [0.2, 0.25) is 6.04 Å². The zero-order valence-corrected chi connectivity index (χ0v) is 9.60. The molecule has 0 amide bonds. The number of hydrogen-bond acceptors (Lipinski definition) is 5. The van der Waals surface area contributed by atoms with Gasteiger partial charge in [-0.15, -0.1) is 0 Å². The molecule has 0 saturated carbocycles. The van der Waals surface area contributed by atoms with Crippen LogP contribution in [0.25, 0.3) is 0 Å². The molecule has 0 bridgehead atoms. The van der Waals surface area contributed by atoms with Crippen LogP contribution in [-0.2, 0) is 17.5 Å². The van der Waals surface area contributed by atoms with Crippen LogP contribution in [0.1, 0.15) is 6.42 Å². The molecule has 0 spiro atoms. The molecular weight excluding hydrogens is 196 g/mol. The molecule has 0 heterocycles. The van der Waals surface area contributed by atoms with Crippen LogP contribution in [0.15, 0.2) is 0 Å². The summed E-state index contributed by atoms with van der Waals surface area (Å²) in [5, 5.41) is 0. The molecule has 0 aliphatic carbocycles. The van der Waals surface area contributed by atoms with E-state index in [1.165, 1.54) is 0 Å². The first-order valence-electron chi connectivity index (χ1n) is 3.66. The van der Waals surface area contributed by atoms with Crippen LogP contribution in [0.4, 0.5) is 0 Å². The van der Waals surface area contributed by atoms with Gasteiger partial charge >= 0.3 is 8.80 Å². The van der Waals surface area contributed by atoms with Gasteiger partial charge < -0.3 is 17.5 Å². The molecular formula is C6H16O4SSi. The van der Waals surface area contributed by atoms with E-state index in [1.807, 2.05) is 0 Å². The van der Waals surface area contributed by atoms with Gasteiger partial charge in [0.1, 0.15) is 0 Å². The van der Waals surface area contributed by atoms with E-state index in [1.54, 1.807) is 21.3 Å². The van der Waals surface area contributed by atoms with Crippen LogP contribution in [-0.4, -0.2) is 36.7 Å². The second-order valence-electron chi connectivity index (χ2n) is 2.23. The van der Waals surface area contributed by atoms with Gasteiger partial charge in [-0.2, -0.15) is 0 Å². The molecule has 0 radical (unpaired) electrons. The fourth-order valence-electron chi connectivity index (χ4n) is 0.909. The van der Waals surface area contributed by atoms with Crippen molar-refractivity contribution in [2.45, 2.75) is 12.5 Å². The SMILES string of the molecule is CO[Si](CCCOS)(OC)OC. The molecule has 0 aromatic heterocycles. The summed E-state index contributed by atoms with van der Waals surface area (Å²) < 4.78 is 20.2. The highest BCUT2D eigenvalue weighted by Gasteiger charge is 2.36. The first-order chi connectivity index (χ1) is 5.74. The maximum Gasteiger partial charge on any atom is 0.500 e. The van der Waals surface area contributed by atoms with Crippen molar-refractivity contribution in [3.8, 4) is 0 Å². The lowest BCUT2D eigenvalue weighted by molar-refractivity contribution is 0.121. The molecule has 0 fully saturated rings. The predicted molar refractivity (Wildman–Crippen MR) is 51.1 cm³/mol. The minimum absolute atomic E-state index is 0.577. The maximum absolute atomic E-state index is 5.20. The van der Waals surface area contributed by atoms with Gasteiger partial charge in [-0.25, -0.2) is 0 Å². The van der Waals surface area contributed by atoms with Crippen molar-refractivity contribution >= 4 is 21.7 Å². The van der Waals surface area contributed by atoms with Gasteiger partial charge in [-0.1, -0.05) is 0 Å². The van der Waals surface area contributed by atoms with Crippen molar-refractivity contribution in [2.24, 2.45) is 0 Å². The molecule has 74 valence electrons. The lowest BCUT2D eigenvalue weighted by Crippen LogP contribution is -2.42. The highest BCUT2D eigenvalue weighted by atomic mass is 32.1. The first kappa shape index (κ1) is 12.4. The highest BCUT2D eigenvalue weighted by Crippen LogP contribution is 2.14. The van der Waals surface area contributed by atoms with E-state index in [-0.39, 0.29) is 0 Å². The lowest BCUT2D eigenvalue weighted by atomic mass is 10.5. The topological polar surface area (TPSA) is 36.9 Å². The van der Waals surface area contributed by atoms with Gasteiger partial charge in [0.05, 0.1) is 6.61 Å². The number of rotatable bonds is 7. The van der Waals surface area contributed by atoms with E-state index in [0.29, 0.717) is 6.61 Å². The predicted octanol–water partition coefficient (Wildman–Crippen LogP) is 1.12. The number of hydrogen-bond donors (Lipinski definition) is 1. The summed E-state index contributed by atoms with van der Waals surface area (Å²) in [6.45, 7) is 0.577. The minimum Gasteiger partial charge on any atom is -0.377 e. The fraction of sp³-hybridized carbons (Fsp3) is 1.00. The molecule has 6 heteroatoms. The summed E-state index contributed by atoms with van der Waals surface area (Å²) in [6, 6.07) is 0.747. The summed E-state index contributed by atoms with van der Waals surface area (Å²) in [5.74, 6) is 0. The second-order valence-corrected chi connectivity index (χ2v) is 5.58. The van der Waals surface area contributed by atoms with E-state index >= 15 is 0 Å². The van der Waals surface area contributed by atoms with Gasteiger partial charge in [0, 0.05) is 27.4 Å². The molecule has 0 aromatic carbocycles. The van der Waals surface area contributed by atoms with Crippen molar-refractivity contribution in [1.29, 1.82) is 0 Å². The summed E-state index contributed by atoms with van der Waals surface area (Å²) in [7, 11) is 2.43. The molecule has 12 heavy (non-hydrogen) atoms. The van der Waals surface area contributed by atoms with E-state index in [2.05, 4.69) is 17.1 Å². The Bertz CT molecular complexity index is 101. The quantitative estimate of drug-likeness (QED) is 0.297. The van der Waals surface area contributed by atoms with Gasteiger partial charge in [0.25, 0.3) is 0 Å². The van der Waals surface area contributed by atoms with Crippen molar-refractivity contribution in [1.82, 2.24) is 0 Å². The van der Waals surface area contributed by atoms with Gasteiger partial charge in [0.15, 0.2) is 0 Å². The molecule has 4 nitrogen and oxygen atoms in total. The average Bonchev–Trinajstić information content (AvgIpc) is 2.14. The van der Waals surface area contributed by atoms with Crippen molar-refractivity contribution < 1.29 is 17.5 Å². The Kier molecular flexibility index (Phi) is 7.11. The third kappa shape index (κ3) is 3.88. The van der Waals surface area contributed by atoms with E-state index in [0.717, 1.165) is 12.5 Å². The minimum atomic E-state index is -2.37. The van der Waals surface area contributed by atoms with Crippen LogP contribution < -0.4 is 0 Å². The second kappa shape index (κ2) is 6.87. The normalized spacial score (nSPS) is 12.0. The molecule has 0 unspecified atom stereocenters. The van der Waals surface area contributed by atoms with Crippen molar-refractivity contribution in [3.63, 3.8) is 0 Å². The molecule has 0 aliphatic heterocycles. The van der Waals surface area contributed by atoms with Crippen molar-refractivity contribution in [3.05, 3.63) is 0 Å². The Labute approximate surface area is 80.1 Å². The van der Waals surface area contributed by atoms with Crippen LogP contribution in [0, 0.1) is 0 Å². The molecule has 0 aromatic rings. The van der Waals surface area contributed by atoms with E-state index in [9.17, 15) is 0 Å². The Morgan fingerprint density at radius 1 is 1.08 bits per heavy atom. The van der Waals surface area contributed by atoms with Crippen molar-refractivity contribution in [2.75, 3.05) is 27.9 Å². The number of thiol groups is 1. The largest absolute Gasteiger partial charge is 0.500 e. The first-order valence-corrected chi connectivity index (χ1v) is 5.96. The molecule has 0 rings (SSSR count). The summed E-state index contributed by atoms with van der Waals surface area (Å²) >= 11 is 3.63. The third-order valence-electron chi connectivity index (χ3n) is 1.65. The molecule has 0 atom stereocenters. The maximum atomic E-state index is 5.20. The zero-order valence-electron chi connectivity index (χ0n) is 7.70. The molecule has 0 N–H and O–H groups in total. The monoisotopic (exact) mass is 212 g/mol. The van der Waals surface area contributed by atoms with Crippen LogP contribution >= 0.6 is 12.9 Å². The Morgan fingerprint density at radius 2 is 1.58 bits per heavy atom. The zero-order chi connectivity index (χ0) is 9.45. The Morgan fingerprint density at radius 3 is 1.92 bits per heavy atom. The Balaban J connectivity index is 3.76. The third-order valence-corrected chi connectivity index (χ3v) is 4.67. The Hall–Kier alpha value is 0.407. The summed E-state index contributed by atoms with van der Waals surface area (Å²) in [6.07, 6.45) is 0.825. The summed E-state index contributed by atoms with van der Waals surface area (Å²) in [4.78, 5) is 0. The molecule has 0 aliphatic rings. The fourth-order valence-corrected chi connectivity index (χ4v) is 2.73. The van der Waals surface area contributed by atoms with Crippen LogP contribution in [0.3, 0.4) is 0 Å². The van der Waals surface area contributed by atoms with Gasteiger partial charge in [0.2, 0.25) is 0 Å². The highest BCUT2D eigenvalue weighted by molar-refractivity contribution is 7.75. The standard InChI is InChI=1S/C6H16O4SSi/c1-7-12(8-2,9-3)6-4-5-10-11/h11H,4-6H2,1-3H3. The lowest BCUT2D eigenvalue weighted by Gasteiger charge is -2.23. The average molecular weight is 212 g/mol. The van der Waals surface area contributed by atoms with Gasteiger partial charge in [-0.05, 0) is 19.3 Å². The molecule has 0 saturated heterocycles.